The van der Waals surface area contributed by atoms with Crippen LogP contribution in [0.25, 0.3) is 16.7 Å². The molecule has 0 bridgehead atoms. The van der Waals surface area contributed by atoms with Crippen molar-refractivity contribution >= 4 is 27.0 Å². The van der Waals surface area contributed by atoms with Crippen LogP contribution in [0.1, 0.15) is 11.1 Å². The van der Waals surface area contributed by atoms with E-state index in [9.17, 15) is 5.26 Å². The number of imidazole rings is 1. The van der Waals surface area contributed by atoms with Crippen LogP contribution in [0.5, 0.6) is 0 Å². The molecule has 0 saturated heterocycles. The molecule has 0 radical (unpaired) electrons. The van der Waals surface area contributed by atoms with Gasteiger partial charge in [0.15, 0.2) is 0 Å². The fourth-order valence-electron chi connectivity index (χ4n) is 2.12. The zero-order valence-electron chi connectivity index (χ0n) is 10.0. The number of nitrogens with zero attached hydrogens (tertiary/aromatic N) is 3. The molecule has 0 aliphatic carbocycles. The van der Waals surface area contributed by atoms with Crippen LogP contribution in [0.2, 0.25) is 0 Å². The van der Waals surface area contributed by atoms with E-state index in [-0.39, 0.29) is 0 Å². The molecule has 0 unspecified atom stereocenters. The first-order valence-corrected chi connectivity index (χ1v) is 6.97. The van der Waals surface area contributed by atoms with Gasteiger partial charge in [-0.05, 0) is 29.8 Å². The minimum atomic E-state index is 0.653. The Bertz CT molecular complexity index is 783. The predicted molar refractivity (Wildman–Crippen MR) is 78.4 cm³/mol. The fraction of sp³-hybridized carbons (Fsp3) is 0.0667. The zero-order valence-corrected chi connectivity index (χ0v) is 11.6. The van der Waals surface area contributed by atoms with Gasteiger partial charge in [-0.1, -0.05) is 34.1 Å². The SMILES string of the molecule is N#Cc1cc(CBr)ccc1-n1cnc2ccccc21. The van der Waals surface area contributed by atoms with Crippen molar-refractivity contribution in [2.24, 2.45) is 0 Å². The predicted octanol–water partition coefficient (Wildman–Crippen LogP) is 3.79. The van der Waals surface area contributed by atoms with Crippen LogP contribution in [-0.4, -0.2) is 9.55 Å². The average molecular weight is 312 g/mol. The summed E-state index contributed by atoms with van der Waals surface area (Å²) < 4.78 is 1.95. The maximum Gasteiger partial charge on any atom is 0.101 e. The van der Waals surface area contributed by atoms with E-state index in [1.54, 1.807) is 6.33 Å². The number of alkyl halides is 1. The summed E-state index contributed by atoms with van der Waals surface area (Å²) in [7, 11) is 0. The number of hydrogen-bond donors (Lipinski definition) is 0. The van der Waals surface area contributed by atoms with Crippen LogP contribution in [-0.2, 0) is 5.33 Å². The first kappa shape index (κ1) is 11.9. The molecule has 3 aromatic rings. The van der Waals surface area contributed by atoms with Crippen molar-refractivity contribution in [1.82, 2.24) is 9.55 Å². The maximum atomic E-state index is 9.31. The van der Waals surface area contributed by atoms with E-state index < -0.39 is 0 Å². The standard InChI is InChI=1S/C15H10BrN3/c16-8-11-5-6-14(12(7-11)9-17)19-10-18-13-3-1-2-4-15(13)19/h1-7,10H,8H2. The van der Waals surface area contributed by atoms with E-state index >= 15 is 0 Å². The normalized spacial score (nSPS) is 10.5. The summed E-state index contributed by atoms with van der Waals surface area (Å²) >= 11 is 3.41. The molecule has 0 aliphatic rings. The third kappa shape index (κ3) is 2.02. The number of halogens is 1. The van der Waals surface area contributed by atoms with Gasteiger partial charge in [0.05, 0.1) is 22.3 Å². The topological polar surface area (TPSA) is 41.6 Å². The van der Waals surface area contributed by atoms with Crippen molar-refractivity contribution < 1.29 is 0 Å². The molecular weight excluding hydrogens is 302 g/mol. The van der Waals surface area contributed by atoms with Crippen molar-refractivity contribution in [3.05, 3.63) is 59.9 Å². The molecule has 1 heterocycles. The summed E-state index contributed by atoms with van der Waals surface area (Å²) in [6, 6.07) is 16.0. The van der Waals surface area contributed by atoms with Gasteiger partial charge in [0.2, 0.25) is 0 Å². The zero-order chi connectivity index (χ0) is 13.2. The molecule has 1 aromatic heterocycles. The van der Waals surface area contributed by atoms with Gasteiger partial charge in [-0.2, -0.15) is 5.26 Å². The molecule has 0 amide bonds. The van der Waals surface area contributed by atoms with Crippen LogP contribution in [0.15, 0.2) is 48.8 Å². The highest BCUT2D eigenvalue weighted by atomic mass is 79.9. The van der Waals surface area contributed by atoms with E-state index in [0.29, 0.717) is 5.56 Å². The molecule has 2 aromatic carbocycles. The molecule has 92 valence electrons. The highest BCUT2D eigenvalue weighted by molar-refractivity contribution is 9.08. The number of rotatable bonds is 2. The van der Waals surface area contributed by atoms with Gasteiger partial charge >= 0.3 is 0 Å². The van der Waals surface area contributed by atoms with Crippen LogP contribution in [0.4, 0.5) is 0 Å². The molecule has 0 aliphatic heterocycles. The number of hydrogen-bond acceptors (Lipinski definition) is 2. The van der Waals surface area contributed by atoms with Crippen LogP contribution in [0.3, 0.4) is 0 Å². The number of fused-ring (bicyclic) bond motifs is 1. The van der Waals surface area contributed by atoms with Gasteiger partial charge in [0.25, 0.3) is 0 Å². The van der Waals surface area contributed by atoms with Crippen molar-refractivity contribution in [1.29, 1.82) is 5.26 Å². The Hall–Kier alpha value is -2.12. The average Bonchev–Trinajstić information content (AvgIpc) is 2.90. The molecule has 0 spiro atoms. The molecule has 0 atom stereocenters. The second-order valence-corrected chi connectivity index (χ2v) is 4.76. The Labute approximate surface area is 119 Å². The van der Waals surface area contributed by atoms with Crippen molar-refractivity contribution in [3.8, 4) is 11.8 Å². The lowest BCUT2D eigenvalue weighted by atomic mass is 10.1. The summed E-state index contributed by atoms with van der Waals surface area (Å²) in [6.45, 7) is 0. The molecule has 4 heteroatoms. The van der Waals surface area contributed by atoms with E-state index in [4.69, 9.17) is 0 Å². The van der Waals surface area contributed by atoms with E-state index in [0.717, 1.165) is 27.6 Å². The second kappa shape index (κ2) is 4.87. The van der Waals surface area contributed by atoms with E-state index in [1.807, 2.05) is 47.0 Å². The van der Waals surface area contributed by atoms with Gasteiger partial charge in [-0.15, -0.1) is 0 Å². The Balaban J connectivity index is 2.25. The van der Waals surface area contributed by atoms with Gasteiger partial charge in [-0.25, -0.2) is 4.98 Å². The van der Waals surface area contributed by atoms with Crippen LogP contribution < -0.4 is 0 Å². The molecule has 0 fully saturated rings. The van der Waals surface area contributed by atoms with Crippen LogP contribution >= 0.6 is 15.9 Å². The van der Waals surface area contributed by atoms with Crippen molar-refractivity contribution in [2.75, 3.05) is 0 Å². The number of aromatic nitrogens is 2. The first-order chi connectivity index (χ1) is 9.33. The lowest BCUT2D eigenvalue weighted by molar-refractivity contribution is 1.08. The Morgan fingerprint density at radius 2 is 2.05 bits per heavy atom. The smallest absolute Gasteiger partial charge is 0.101 e. The summed E-state index contributed by atoms with van der Waals surface area (Å²) in [6.07, 6.45) is 1.76. The van der Waals surface area contributed by atoms with Crippen LogP contribution in [0, 0.1) is 11.3 Å². The maximum absolute atomic E-state index is 9.31. The fourth-order valence-corrected chi connectivity index (χ4v) is 2.47. The third-order valence-electron chi connectivity index (χ3n) is 3.05. The molecule has 0 N–H and O–H groups in total. The molecule has 0 saturated carbocycles. The Morgan fingerprint density at radius 1 is 1.21 bits per heavy atom. The van der Waals surface area contributed by atoms with Gasteiger partial charge < -0.3 is 0 Å². The third-order valence-corrected chi connectivity index (χ3v) is 3.70. The quantitative estimate of drug-likeness (QED) is 0.676. The monoisotopic (exact) mass is 311 g/mol. The highest BCUT2D eigenvalue weighted by Gasteiger charge is 2.09. The summed E-state index contributed by atoms with van der Waals surface area (Å²) in [5.74, 6) is 0. The number of nitriles is 1. The lowest BCUT2D eigenvalue weighted by Gasteiger charge is -2.07. The van der Waals surface area contributed by atoms with Crippen molar-refractivity contribution in [3.63, 3.8) is 0 Å². The van der Waals surface area contributed by atoms with Gasteiger partial charge in [-0.3, -0.25) is 4.57 Å². The summed E-state index contributed by atoms with van der Waals surface area (Å²) in [5.41, 5.74) is 4.53. The number of benzene rings is 2. The molecule has 3 nitrogen and oxygen atoms in total. The Kier molecular flexibility index (Phi) is 3.06. The summed E-state index contributed by atoms with van der Waals surface area (Å²) in [5, 5.41) is 10.1. The minimum absolute atomic E-state index is 0.653. The molecular formula is C15H10BrN3. The van der Waals surface area contributed by atoms with E-state index in [1.165, 1.54) is 0 Å². The molecule has 19 heavy (non-hydrogen) atoms. The second-order valence-electron chi connectivity index (χ2n) is 4.20. The molecule has 3 rings (SSSR count). The number of para-hydroxylation sites is 2. The highest BCUT2D eigenvalue weighted by Crippen LogP contribution is 2.22. The first-order valence-electron chi connectivity index (χ1n) is 5.85. The minimum Gasteiger partial charge on any atom is -0.298 e. The largest absolute Gasteiger partial charge is 0.298 e. The Morgan fingerprint density at radius 3 is 2.84 bits per heavy atom. The van der Waals surface area contributed by atoms with Gasteiger partial charge in [0, 0.05) is 5.33 Å². The summed E-state index contributed by atoms with van der Waals surface area (Å²) in [4.78, 5) is 4.36. The van der Waals surface area contributed by atoms with E-state index in [2.05, 4.69) is 27.0 Å². The lowest BCUT2D eigenvalue weighted by Crippen LogP contribution is -1.96. The van der Waals surface area contributed by atoms with Gasteiger partial charge in [0.1, 0.15) is 12.4 Å². The van der Waals surface area contributed by atoms with Crippen molar-refractivity contribution in [2.45, 2.75) is 5.33 Å².